The molecule has 0 aromatic carbocycles. The van der Waals surface area contributed by atoms with Gasteiger partial charge in [0, 0.05) is 46.7 Å². The molecule has 0 saturated carbocycles. The lowest BCUT2D eigenvalue weighted by Crippen LogP contribution is -2.46. The van der Waals surface area contributed by atoms with Gasteiger partial charge < -0.3 is 20.1 Å². The van der Waals surface area contributed by atoms with Crippen molar-refractivity contribution in [2.24, 2.45) is 0 Å². The molecule has 0 unspecified atom stereocenters. The Kier molecular flexibility index (Phi) is 4.16. The van der Waals surface area contributed by atoms with Gasteiger partial charge in [0.25, 0.3) is 0 Å². The molecule has 19 heavy (non-hydrogen) atoms. The van der Waals surface area contributed by atoms with Crippen molar-refractivity contribution in [1.82, 2.24) is 9.97 Å². The van der Waals surface area contributed by atoms with E-state index in [9.17, 15) is 9.50 Å². The summed E-state index contributed by atoms with van der Waals surface area (Å²) >= 11 is 0. The summed E-state index contributed by atoms with van der Waals surface area (Å²) < 4.78 is 19.0. The van der Waals surface area contributed by atoms with E-state index in [1.807, 2.05) is 0 Å². The molecule has 0 aliphatic carbocycles. The van der Waals surface area contributed by atoms with E-state index in [0.717, 1.165) is 6.20 Å². The van der Waals surface area contributed by atoms with Crippen molar-refractivity contribution >= 4 is 11.8 Å². The average molecular weight is 270 g/mol. The Morgan fingerprint density at radius 1 is 1.53 bits per heavy atom. The molecule has 2 N–H and O–H groups in total. The number of nitrogens with zero attached hydrogens (tertiary/aromatic N) is 3. The highest BCUT2D eigenvalue weighted by Crippen LogP contribution is 2.24. The molecule has 2 heterocycles. The maximum atomic E-state index is 13.7. The third-order valence-corrected chi connectivity index (χ3v) is 3.27. The van der Waals surface area contributed by atoms with Gasteiger partial charge in [0.15, 0.2) is 11.6 Å². The summed E-state index contributed by atoms with van der Waals surface area (Å²) in [6, 6.07) is 0. The number of hydrogen-bond donors (Lipinski definition) is 2. The molecule has 0 radical (unpaired) electrons. The van der Waals surface area contributed by atoms with E-state index < -0.39 is 11.4 Å². The normalized spacial score (nSPS) is 18.1. The van der Waals surface area contributed by atoms with Crippen molar-refractivity contribution < 1.29 is 14.2 Å². The highest BCUT2D eigenvalue weighted by atomic mass is 19.1. The highest BCUT2D eigenvalue weighted by Gasteiger charge is 2.32. The van der Waals surface area contributed by atoms with Crippen LogP contribution in [0.1, 0.15) is 12.8 Å². The second kappa shape index (κ2) is 5.66. The summed E-state index contributed by atoms with van der Waals surface area (Å²) in [6.07, 6.45) is 2.21. The molecule has 0 amide bonds. The Labute approximate surface area is 111 Å². The Morgan fingerprint density at radius 2 is 2.21 bits per heavy atom. The maximum absolute atomic E-state index is 13.7. The van der Waals surface area contributed by atoms with E-state index in [2.05, 4.69) is 15.3 Å². The molecule has 1 aliphatic heterocycles. The molecular formula is C12H19FN4O2. The monoisotopic (exact) mass is 270 g/mol. The van der Waals surface area contributed by atoms with Crippen molar-refractivity contribution in [3.05, 3.63) is 12.0 Å². The van der Waals surface area contributed by atoms with Crippen LogP contribution in [-0.2, 0) is 4.74 Å². The number of anilines is 2. The minimum atomic E-state index is -0.857. The fraction of sp³-hybridized carbons (Fsp3) is 0.667. The van der Waals surface area contributed by atoms with Crippen LogP contribution in [0.15, 0.2) is 6.20 Å². The molecule has 6 nitrogen and oxygen atoms in total. The first-order chi connectivity index (χ1) is 9.04. The zero-order chi connectivity index (χ0) is 13.9. The van der Waals surface area contributed by atoms with E-state index in [1.165, 1.54) is 0 Å². The predicted molar refractivity (Wildman–Crippen MR) is 69.8 cm³/mol. The molecule has 1 aliphatic rings. The number of likely N-dealkylation sites (N-methyl/N-ethyl adjacent to an activating group) is 1. The Hall–Kier alpha value is -1.47. The molecule has 1 aromatic heterocycles. The van der Waals surface area contributed by atoms with Gasteiger partial charge in [-0.05, 0) is 0 Å². The van der Waals surface area contributed by atoms with Crippen LogP contribution in [0.2, 0.25) is 0 Å². The Morgan fingerprint density at radius 3 is 2.84 bits per heavy atom. The van der Waals surface area contributed by atoms with Gasteiger partial charge >= 0.3 is 0 Å². The van der Waals surface area contributed by atoms with Gasteiger partial charge in [0.1, 0.15) is 0 Å². The number of aliphatic hydroxyl groups is 1. The lowest BCUT2D eigenvalue weighted by molar-refractivity contribution is -0.0573. The molecule has 1 saturated heterocycles. The molecular weight excluding hydrogens is 251 g/mol. The number of halogens is 1. The van der Waals surface area contributed by atoms with Crippen LogP contribution in [0.4, 0.5) is 16.2 Å². The Balaban J connectivity index is 2.12. The van der Waals surface area contributed by atoms with Crippen LogP contribution < -0.4 is 10.2 Å². The summed E-state index contributed by atoms with van der Waals surface area (Å²) in [5.74, 6) is 0.0265. The van der Waals surface area contributed by atoms with Gasteiger partial charge in [-0.15, -0.1) is 0 Å². The van der Waals surface area contributed by atoms with Crippen molar-refractivity contribution in [1.29, 1.82) is 0 Å². The summed E-state index contributed by atoms with van der Waals surface area (Å²) in [6.45, 7) is 1.37. The van der Waals surface area contributed by atoms with Crippen molar-refractivity contribution in [2.75, 3.05) is 44.1 Å². The van der Waals surface area contributed by atoms with E-state index in [-0.39, 0.29) is 5.82 Å². The minimum Gasteiger partial charge on any atom is -0.388 e. The van der Waals surface area contributed by atoms with Gasteiger partial charge in [-0.3, -0.25) is 0 Å². The first-order valence-electron chi connectivity index (χ1n) is 6.26. The van der Waals surface area contributed by atoms with E-state index in [4.69, 9.17) is 4.74 Å². The highest BCUT2D eigenvalue weighted by molar-refractivity contribution is 5.43. The summed E-state index contributed by atoms with van der Waals surface area (Å²) in [5.41, 5.74) is -0.857. The number of rotatable bonds is 4. The molecule has 7 heteroatoms. The van der Waals surface area contributed by atoms with Crippen molar-refractivity contribution in [2.45, 2.75) is 18.4 Å². The predicted octanol–water partition coefficient (Wildman–Crippen LogP) is 0.635. The zero-order valence-corrected chi connectivity index (χ0v) is 11.2. The molecule has 0 atom stereocenters. The van der Waals surface area contributed by atoms with E-state index in [0.29, 0.717) is 38.5 Å². The zero-order valence-electron chi connectivity index (χ0n) is 11.2. The molecule has 1 aromatic rings. The third-order valence-electron chi connectivity index (χ3n) is 3.27. The number of aromatic nitrogens is 2. The minimum absolute atomic E-state index is 0.180. The van der Waals surface area contributed by atoms with Crippen molar-refractivity contribution in [3.8, 4) is 0 Å². The number of ether oxygens (including phenoxy) is 1. The number of hydrogen-bond acceptors (Lipinski definition) is 6. The molecule has 1 fully saturated rings. The fourth-order valence-electron chi connectivity index (χ4n) is 2.17. The SMILES string of the molecule is CNc1ncc(F)c(N(C)CC2(O)CCOCC2)n1. The van der Waals surface area contributed by atoms with Gasteiger partial charge in [-0.25, -0.2) is 9.37 Å². The lowest BCUT2D eigenvalue weighted by atomic mass is 9.94. The summed E-state index contributed by atoms with van der Waals surface area (Å²) in [7, 11) is 3.38. The molecule has 106 valence electrons. The number of nitrogens with one attached hydrogen (secondary N) is 1. The van der Waals surface area contributed by atoms with Crippen LogP contribution in [0.5, 0.6) is 0 Å². The second-order valence-corrected chi connectivity index (χ2v) is 4.81. The Bertz CT molecular complexity index is 438. The topological polar surface area (TPSA) is 70.5 Å². The van der Waals surface area contributed by atoms with E-state index >= 15 is 0 Å². The first-order valence-corrected chi connectivity index (χ1v) is 6.26. The maximum Gasteiger partial charge on any atom is 0.224 e. The molecule has 2 rings (SSSR count). The van der Waals surface area contributed by atoms with Gasteiger partial charge in [0.2, 0.25) is 5.95 Å². The smallest absolute Gasteiger partial charge is 0.224 e. The summed E-state index contributed by atoms with van der Waals surface area (Å²) in [5, 5.41) is 13.2. The van der Waals surface area contributed by atoms with Gasteiger partial charge in [-0.2, -0.15) is 4.98 Å². The quantitative estimate of drug-likeness (QED) is 0.836. The lowest BCUT2D eigenvalue weighted by Gasteiger charge is -2.35. The van der Waals surface area contributed by atoms with Crippen molar-refractivity contribution in [3.63, 3.8) is 0 Å². The van der Waals surface area contributed by atoms with E-state index in [1.54, 1.807) is 19.0 Å². The van der Waals surface area contributed by atoms with Crippen LogP contribution >= 0.6 is 0 Å². The molecule has 0 spiro atoms. The van der Waals surface area contributed by atoms with Gasteiger partial charge in [0.05, 0.1) is 11.8 Å². The second-order valence-electron chi connectivity index (χ2n) is 4.81. The standard InChI is InChI=1S/C12H19FN4O2/c1-14-11-15-7-9(13)10(16-11)17(2)8-12(18)3-5-19-6-4-12/h7,18H,3-6,8H2,1-2H3,(H,14,15,16). The largest absolute Gasteiger partial charge is 0.388 e. The van der Waals surface area contributed by atoms with Crippen LogP contribution in [0.3, 0.4) is 0 Å². The summed E-state index contributed by atoms with van der Waals surface area (Å²) in [4.78, 5) is 9.49. The van der Waals surface area contributed by atoms with Crippen LogP contribution in [0, 0.1) is 5.82 Å². The van der Waals surface area contributed by atoms with Crippen LogP contribution in [0.25, 0.3) is 0 Å². The van der Waals surface area contributed by atoms with Crippen LogP contribution in [-0.4, -0.2) is 54.5 Å². The molecule has 0 bridgehead atoms. The van der Waals surface area contributed by atoms with Gasteiger partial charge in [-0.1, -0.05) is 0 Å². The third kappa shape index (κ3) is 3.30. The first kappa shape index (κ1) is 14.0. The average Bonchev–Trinajstić information content (AvgIpc) is 2.39. The fourth-order valence-corrected chi connectivity index (χ4v) is 2.17.